The first-order valence-electron chi connectivity index (χ1n) is 7.92. The molecule has 0 bridgehead atoms. The fraction of sp³-hybridized carbons (Fsp3) is 1.00. The minimum Gasteiger partial charge on any atom is -0.391 e. The molecule has 0 spiro atoms. The van der Waals surface area contributed by atoms with Crippen molar-refractivity contribution in [2.24, 2.45) is 5.92 Å². The summed E-state index contributed by atoms with van der Waals surface area (Å²) >= 11 is 0. The van der Waals surface area contributed by atoms with Crippen molar-refractivity contribution in [3.8, 4) is 0 Å². The molecule has 4 nitrogen and oxygen atoms in total. The third kappa shape index (κ3) is 3.03. The highest BCUT2D eigenvalue weighted by molar-refractivity contribution is 5.02. The van der Waals surface area contributed by atoms with Crippen LogP contribution < -0.4 is 0 Å². The number of rotatable bonds is 3. The quantitative estimate of drug-likeness (QED) is 0.830. The van der Waals surface area contributed by atoms with Gasteiger partial charge >= 0.3 is 0 Å². The van der Waals surface area contributed by atoms with E-state index in [0.29, 0.717) is 0 Å². The molecular formula is C16H31NO3. The number of nitrogens with zero attached hydrogens (tertiary/aromatic N) is 1. The van der Waals surface area contributed by atoms with Crippen LogP contribution in [0.25, 0.3) is 0 Å². The van der Waals surface area contributed by atoms with Gasteiger partial charge in [0, 0.05) is 18.5 Å². The van der Waals surface area contributed by atoms with Crippen LogP contribution in [0.15, 0.2) is 0 Å². The van der Waals surface area contributed by atoms with Crippen LogP contribution >= 0.6 is 0 Å². The van der Waals surface area contributed by atoms with Crippen LogP contribution in [0.5, 0.6) is 0 Å². The van der Waals surface area contributed by atoms with E-state index in [2.05, 4.69) is 25.8 Å². The van der Waals surface area contributed by atoms with E-state index >= 15 is 0 Å². The number of aliphatic hydroxyl groups is 2. The molecule has 118 valence electrons. The van der Waals surface area contributed by atoms with E-state index in [-0.39, 0.29) is 23.7 Å². The molecule has 1 aliphatic carbocycles. The summed E-state index contributed by atoms with van der Waals surface area (Å²) in [5.74, 6) is 0.0663. The van der Waals surface area contributed by atoms with E-state index in [1.165, 1.54) is 6.42 Å². The Labute approximate surface area is 123 Å². The van der Waals surface area contributed by atoms with Gasteiger partial charge in [0.1, 0.15) is 0 Å². The highest BCUT2D eigenvalue weighted by Crippen LogP contribution is 2.42. The zero-order chi connectivity index (χ0) is 15.1. The number of hydrogen-bond donors (Lipinski definition) is 2. The lowest BCUT2D eigenvalue weighted by atomic mass is 9.83. The van der Waals surface area contributed by atoms with Crippen molar-refractivity contribution in [3.63, 3.8) is 0 Å². The van der Waals surface area contributed by atoms with Crippen molar-refractivity contribution < 1.29 is 14.9 Å². The summed E-state index contributed by atoms with van der Waals surface area (Å²) in [5, 5.41) is 20.7. The fourth-order valence-electron chi connectivity index (χ4n) is 4.05. The van der Waals surface area contributed by atoms with E-state index < -0.39 is 11.7 Å². The molecule has 0 aromatic rings. The molecule has 0 aromatic heterocycles. The van der Waals surface area contributed by atoms with E-state index in [1.807, 2.05) is 13.8 Å². The highest BCUT2D eigenvalue weighted by atomic mass is 16.5. The van der Waals surface area contributed by atoms with Gasteiger partial charge in [0.2, 0.25) is 0 Å². The third-order valence-electron chi connectivity index (χ3n) is 5.26. The third-order valence-corrected chi connectivity index (χ3v) is 5.26. The first-order chi connectivity index (χ1) is 9.15. The second-order valence-corrected chi connectivity index (χ2v) is 7.72. The predicted molar refractivity (Wildman–Crippen MR) is 79.6 cm³/mol. The normalized spacial score (nSPS) is 40.2. The smallest absolute Gasteiger partial charge is 0.0896 e. The SMILES string of the molecule is CN(CC1C(O)C(C)(C)OC1(C)C)C1CCCCC1O. The Kier molecular flexibility index (Phi) is 4.51. The Morgan fingerprint density at radius 1 is 1.05 bits per heavy atom. The fourth-order valence-corrected chi connectivity index (χ4v) is 4.05. The van der Waals surface area contributed by atoms with Gasteiger partial charge in [-0.1, -0.05) is 12.8 Å². The Balaban J connectivity index is 2.04. The van der Waals surface area contributed by atoms with Gasteiger partial charge in [-0.2, -0.15) is 0 Å². The van der Waals surface area contributed by atoms with Crippen molar-refractivity contribution in [1.29, 1.82) is 0 Å². The molecule has 0 aromatic carbocycles. The Hall–Kier alpha value is -0.160. The average molecular weight is 285 g/mol. The monoisotopic (exact) mass is 285 g/mol. The van der Waals surface area contributed by atoms with E-state index in [4.69, 9.17) is 4.74 Å². The highest BCUT2D eigenvalue weighted by Gasteiger charge is 2.53. The Morgan fingerprint density at radius 2 is 1.65 bits per heavy atom. The lowest BCUT2D eigenvalue weighted by Crippen LogP contribution is -2.49. The molecule has 2 aliphatic rings. The second kappa shape index (κ2) is 5.56. The van der Waals surface area contributed by atoms with Gasteiger partial charge in [-0.15, -0.1) is 0 Å². The van der Waals surface area contributed by atoms with Crippen LogP contribution in [0.1, 0.15) is 53.4 Å². The summed E-state index contributed by atoms with van der Waals surface area (Å²) < 4.78 is 6.04. The minimum atomic E-state index is -0.500. The van der Waals surface area contributed by atoms with Gasteiger partial charge in [0.25, 0.3) is 0 Å². The van der Waals surface area contributed by atoms with Gasteiger partial charge in [-0.05, 0) is 47.6 Å². The molecule has 2 N–H and O–H groups in total. The molecule has 0 amide bonds. The first kappa shape index (κ1) is 16.2. The van der Waals surface area contributed by atoms with Gasteiger partial charge in [-0.25, -0.2) is 0 Å². The van der Waals surface area contributed by atoms with Crippen molar-refractivity contribution in [3.05, 3.63) is 0 Å². The Morgan fingerprint density at radius 3 is 2.15 bits per heavy atom. The molecule has 2 fully saturated rings. The summed E-state index contributed by atoms with van der Waals surface area (Å²) in [6, 6.07) is 0.218. The second-order valence-electron chi connectivity index (χ2n) is 7.72. The van der Waals surface area contributed by atoms with Gasteiger partial charge < -0.3 is 19.8 Å². The van der Waals surface area contributed by atoms with Crippen LogP contribution in [0.3, 0.4) is 0 Å². The van der Waals surface area contributed by atoms with Crippen molar-refractivity contribution in [2.45, 2.75) is 82.8 Å². The van der Waals surface area contributed by atoms with Crippen molar-refractivity contribution >= 4 is 0 Å². The maximum absolute atomic E-state index is 10.6. The molecule has 0 radical (unpaired) electrons. The van der Waals surface area contributed by atoms with Gasteiger partial charge in [0.15, 0.2) is 0 Å². The van der Waals surface area contributed by atoms with E-state index in [1.54, 1.807) is 0 Å². The number of hydrogen-bond acceptors (Lipinski definition) is 4. The van der Waals surface area contributed by atoms with Crippen LogP contribution in [-0.2, 0) is 4.74 Å². The maximum Gasteiger partial charge on any atom is 0.0896 e. The average Bonchev–Trinajstić information content (AvgIpc) is 2.48. The lowest BCUT2D eigenvalue weighted by molar-refractivity contribution is -0.0918. The topological polar surface area (TPSA) is 52.9 Å². The Bertz CT molecular complexity index is 343. The van der Waals surface area contributed by atoms with Crippen molar-refractivity contribution in [1.82, 2.24) is 4.90 Å². The number of ether oxygens (including phenoxy) is 1. The predicted octanol–water partition coefficient (Wildman–Crippen LogP) is 1.79. The summed E-state index contributed by atoms with van der Waals surface area (Å²) in [4.78, 5) is 2.23. The molecule has 4 atom stereocenters. The summed E-state index contributed by atoms with van der Waals surface area (Å²) in [6.45, 7) is 8.78. The van der Waals surface area contributed by atoms with Gasteiger partial charge in [0.05, 0.1) is 23.4 Å². The molecular weight excluding hydrogens is 254 g/mol. The molecule has 1 saturated heterocycles. The van der Waals surface area contributed by atoms with E-state index in [0.717, 1.165) is 25.8 Å². The van der Waals surface area contributed by atoms with E-state index in [9.17, 15) is 10.2 Å². The molecule has 4 unspecified atom stereocenters. The summed E-state index contributed by atoms with van der Waals surface area (Å²) in [6.07, 6.45) is 3.55. The zero-order valence-corrected chi connectivity index (χ0v) is 13.6. The number of likely N-dealkylation sites (N-methyl/N-ethyl adjacent to an activating group) is 1. The molecule has 4 heteroatoms. The van der Waals surface area contributed by atoms with Crippen LogP contribution in [0, 0.1) is 5.92 Å². The summed E-state index contributed by atoms with van der Waals surface area (Å²) in [5.41, 5.74) is -0.836. The minimum absolute atomic E-state index is 0.0663. The van der Waals surface area contributed by atoms with Gasteiger partial charge in [-0.3, -0.25) is 0 Å². The molecule has 20 heavy (non-hydrogen) atoms. The maximum atomic E-state index is 10.6. The number of aliphatic hydroxyl groups excluding tert-OH is 2. The molecule has 2 rings (SSSR count). The van der Waals surface area contributed by atoms with Crippen molar-refractivity contribution in [2.75, 3.05) is 13.6 Å². The lowest BCUT2D eigenvalue weighted by Gasteiger charge is -2.39. The molecule has 1 heterocycles. The largest absolute Gasteiger partial charge is 0.391 e. The summed E-state index contributed by atoms with van der Waals surface area (Å²) in [7, 11) is 2.06. The van der Waals surface area contributed by atoms with Crippen LogP contribution in [-0.4, -0.2) is 58.2 Å². The molecule has 1 saturated carbocycles. The van der Waals surface area contributed by atoms with Crippen LogP contribution in [0.2, 0.25) is 0 Å². The first-order valence-corrected chi connectivity index (χ1v) is 7.92. The molecule has 1 aliphatic heterocycles. The standard InChI is InChI=1S/C16H31NO3/c1-15(2)11(14(19)16(3,4)20-15)10-17(5)12-8-6-7-9-13(12)18/h11-14,18-19H,6-10H2,1-5H3. The zero-order valence-electron chi connectivity index (χ0n) is 13.6. The van der Waals surface area contributed by atoms with Crippen LogP contribution in [0.4, 0.5) is 0 Å².